The van der Waals surface area contributed by atoms with Crippen molar-refractivity contribution in [3.8, 4) is 0 Å². The fraction of sp³-hybridized carbons (Fsp3) is 0.667. The van der Waals surface area contributed by atoms with Crippen LogP contribution in [-0.4, -0.2) is 33.2 Å². The molecule has 0 atom stereocenters. The van der Waals surface area contributed by atoms with Crippen molar-refractivity contribution in [1.82, 2.24) is 20.5 Å². The molecule has 0 spiro atoms. The first-order valence-corrected chi connectivity index (χ1v) is 5.12. The number of nitrogens with zero attached hydrogens (tertiary/aromatic N) is 2. The quantitative estimate of drug-likeness (QED) is 0.561. The Morgan fingerprint density at radius 2 is 2.47 bits per heavy atom. The van der Waals surface area contributed by atoms with E-state index < -0.39 is 5.54 Å². The van der Waals surface area contributed by atoms with Crippen molar-refractivity contribution in [3.63, 3.8) is 0 Å². The van der Waals surface area contributed by atoms with Crippen LogP contribution in [0.1, 0.15) is 25.1 Å². The molecule has 1 aromatic heterocycles. The lowest BCUT2D eigenvalue weighted by Gasteiger charge is -2.08. The molecule has 0 aromatic carbocycles. The van der Waals surface area contributed by atoms with Gasteiger partial charge in [-0.25, -0.2) is 4.98 Å². The number of carbonyl (C=O) groups excluding carboxylic acids is 1. The van der Waals surface area contributed by atoms with E-state index in [0.29, 0.717) is 6.54 Å². The second-order valence-corrected chi connectivity index (χ2v) is 3.95. The maximum absolute atomic E-state index is 11.4. The zero-order chi connectivity index (χ0) is 10.7. The zero-order valence-electron chi connectivity index (χ0n) is 8.49. The molecule has 1 aliphatic rings. The first kappa shape index (κ1) is 10.1. The maximum Gasteiger partial charge on any atom is 0.240 e. The molecule has 1 aromatic rings. The first-order valence-electron chi connectivity index (χ1n) is 5.12. The third kappa shape index (κ3) is 2.53. The molecule has 1 amide bonds. The lowest BCUT2D eigenvalue weighted by Crippen LogP contribution is -2.43. The zero-order valence-corrected chi connectivity index (χ0v) is 8.49. The Morgan fingerprint density at radius 1 is 1.67 bits per heavy atom. The minimum atomic E-state index is -0.563. The summed E-state index contributed by atoms with van der Waals surface area (Å²) in [5.41, 5.74) is 5.16. The first-order chi connectivity index (χ1) is 7.21. The molecule has 82 valence electrons. The van der Waals surface area contributed by atoms with E-state index in [9.17, 15) is 4.79 Å². The van der Waals surface area contributed by atoms with Crippen molar-refractivity contribution in [2.24, 2.45) is 5.73 Å². The van der Waals surface area contributed by atoms with Gasteiger partial charge < -0.3 is 11.1 Å². The monoisotopic (exact) mass is 209 g/mol. The number of rotatable bonds is 5. The molecule has 4 N–H and O–H groups in total. The standard InChI is InChI=1S/C9H15N5O/c10-9(3-4-9)8(15)11-5-1-2-7-12-6-13-14-7/h6H,1-5,10H2,(H,11,15)(H,12,13,14). The highest BCUT2D eigenvalue weighted by Gasteiger charge is 2.45. The molecule has 2 rings (SSSR count). The second-order valence-electron chi connectivity index (χ2n) is 3.95. The Hall–Kier alpha value is -1.43. The number of aryl methyl sites for hydroxylation is 1. The Morgan fingerprint density at radius 3 is 3.07 bits per heavy atom. The number of nitrogens with two attached hydrogens (primary N) is 1. The average molecular weight is 209 g/mol. The molecule has 0 saturated heterocycles. The highest BCUT2D eigenvalue weighted by molar-refractivity contribution is 5.88. The molecule has 6 nitrogen and oxygen atoms in total. The maximum atomic E-state index is 11.4. The number of hydrogen-bond donors (Lipinski definition) is 3. The van der Waals surface area contributed by atoms with Crippen LogP contribution in [0.25, 0.3) is 0 Å². The van der Waals surface area contributed by atoms with Crippen LogP contribution in [-0.2, 0) is 11.2 Å². The largest absolute Gasteiger partial charge is 0.354 e. The predicted octanol–water partition coefficient (Wildman–Crippen LogP) is -0.655. The molecule has 6 heteroatoms. The van der Waals surface area contributed by atoms with Crippen LogP contribution in [0.4, 0.5) is 0 Å². The van der Waals surface area contributed by atoms with E-state index in [1.54, 1.807) is 0 Å². The SMILES string of the molecule is NC1(C(=O)NCCCc2ncn[nH]2)CC1. The Kier molecular flexibility index (Phi) is 2.68. The minimum Gasteiger partial charge on any atom is -0.354 e. The van der Waals surface area contributed by atoms with Crippen molar-refractivity contribution in [3.05, 3.63) is 12.2 Å². The van der Waals surface area contributed by atoms with Gasteiger partial charge in [0.25, 0.3) is 0 Å². The number of aromatic nitrogens is 3. The number of carbonyl (C=O) groups is 1. The molecular weight excluding hydrogens is 194 g/mol. The Balaban J connectivity index is 1.61. The van der Waals surface area contributed by atoms with E-state index in [-0.39, 0.29) is 5.91 Å². The number of H-pyrrole nitrogens is 1. The Labute approximate surface area is 87.6 Å². The number of amides is 1. The van der Waals surface area contributed by atoms with Gasteiger partial charge in [-0.05, 0) is 19.3 Å². The summed E-state index contributed by atoms with van der Waals surface area (Å²) in [6.07, 6.45) is 4.73. The van der Waals surface area contributed by atoms with Crippen LogP contribution in [0.2, 0.25) is 0 Å². The van der Waals surface area contributed by atoms with Crippen molar-refractivity contribution >= 4 is 5.91 Å². The highest BCUT2D eigenvalue weighted by atomic mass is 16.2. The summed E-state index contributed by atoms with van der Waals surface area (Å²) in [7, 11) is 0. The van der Waals surface area contributed by atoms with Crippen molar-refractivity contribution < 1.29 is 4.79 Å². The van der Waals surface area contributed by atoms with Crippen LogP contribution in [0.15, 0.2) is 6.33 Å². The van der Waals surface area contributed by atoms with Gasteiger partial charge in [0, 0.05) is 13.0 Å². The second kappa shape index (κ2) is 3.98. The van der Waals surface area contributed by atoms with Gasteiger partial charge in [-0.3, -0.25) is 9.89 Å². The molecule has 0 radical (unpaired) electrons. The summed E-state index contributed by atoms with van der Waals surface area (Å²) in [6.45, 7) is 0.637. The van der Waals surface area contributed by atoms with E-state index in [1.807, 2.05) is 0 Å². The topological polar surface area (TPSA) is 96.7 Å². The highest BCUT2D eigenvalue weighted by Crippen LogP contribution is 2.31. The molecule has 1 heterocycles. The van der Waals surface area contributed by atoms with Crippen LogP contribution >= 0.6 is 0 Å². The van der Waals surface area contributed by atoms with Gasteiger partial charge in [0.15, 0.2) is 0 Å². The van der Waals surface area contributed by atoms with Crippen LogP contribution in [0, 0.1) is 0 Å². The lowest BCUT2D eigenvalue weighted by atomic mass is 10.2. The van der Waals surface area contributed by atoms with E-state index >= 15 is 0 Å². The smallest absolute Gasteiger partial charge is 0.240 e. The van der Waals surface area contributed by atoms with Gasteiger partial charge in [0.2, 0.25) is 5.91 Å². The predicted molar refractivity (Wildman–Crippen MR) is 53.9 cm³/mol. The average Bonchev–Trinajstić information content (AvgIpc) is 2.80. The molecule has 0 bridgehead atoms. The molecule has 1 fully saturated rings. The minimum absolute atomic E-state index is 0.0277. The summed E-state index contributed by atoms with van der Waals surface area (Å²) >= 11 is 0. The molecular formula is C9H15N5O. The molecule has 0 aliphatic heterocycles. The van der Waals surface area contributed by atoms with Crippen molar-refractivity contribution in [1.29, 1.82) is 0 Å². The van der Waals surface area contributed by atoms with Gasteiger partial charge in [-0.1, -0.05) is 0 Å². The van der Waals surface area contributed by atoms with Gasteiger partial charge in [0.05, 0.1) is 5.54 Å². The van der Waals surface area contributed by atoms with E-state index in [4.69, 9.17) is 5.73 Å². The molecule has 1 saturated carbocycles. The number of hydrogen-bond acceptors (Lipinski definition) is 4. The molecule has 1 aliphatic carbocycles. The van der Waals surface area contributed by atoms with E-state index in [0.717, 1.165) is 31.5 Å². The van der Waals surface area contributed by atoms with E-state index in [1.165, 1.54) is 6.33 Å². The van der Waals surface area contributed by atoms with E-state index in [2.05, 4.69) is 20.5 Å². The lowest BCUT2D eigenvalue weighted by molar-refractivity contribution is -0.123. The van der Waals surface area contributed by atoms with Crippen LogP contribution in [0.3, 0.4) is 0 Å². The summed E-state index contributed by atoms with van der Waals surface area (Å²) in [4.78, 5) is 15.4. The van der Waals surface area contributed by atoms with Crippen molar-refractivity contribution in [2.75, 3.05) is 6.54 Å². The third-order valence-corrected chi connectivity index (χ3v) is 2.58. The van der Waals surface area contributed by atoms with Gasteiger partial charge >= 0.3 is 0 Å². The fourth-order valence-electron chi connectivity index (χ4n) is 1.35. The summed E-state index contributed by atoms with van der Waals surface area (Å²) in [6, 6.07) is 0. The van der Waals surface area contributed by atoms with Gasteiger partial charge in [-0.2, -0.15) is 5.10 Å². The van der Waals surface area contributed by atoms with Crippen LogP contribution < -0.4 is 11.1 Å². The van der Waals surface area contributed by atoms with Crippen molar-refractivity contribution in [2.45, 2.75) is 31.2 Å². The summed E-state index contributed by atoms with van der Waals surface area (Å²) in [5.74, 6) is 0.818. The number of nitrogens with one attached hydrogen (secondary N) is 2. The Bertz CT molecular complexity index is 330. The van der Waals surface area contributed by atoms with Gasteiger partial charge in [-0.15, -0.1) is 0 Å². The van der Waals surface area contributed by atoms with Crippen LogP contribution in [0.5, 0.6) is 0 Å². The summed E-state index contributed by atoms with van der Waals surface area (Å²) < 4.78 is 0. The number of aromatic amines is 1. The summed E-state index contributed by atoms with van der Waals surface area (Å²) in [5, 5.41) is 9.33. The molecule has 0 unspecified atom stereocenters. The van der Waals surface area contributed by atoms with Gasteiger partial charge in [0.1, 0.15) is 12.2 Å². The normalized spacial score (nSPS) is 17.4. The fourth-order valence-corrected chi connectivity index (χ4v) is 1.35. The molecule has 15 heavy (non-hydrogen) atoms. The third-order valence-electron chi connectivity index (χ3n) is 2.58.